The fraction of sp³-hybridized carbons (Fsp3) is 0.0455. The van der Waals surface area contributed by atoms with Gasteiger partial charge in [-0.15, -0.1) is 15.3 Å². The first-order valence-corrected chi connectivity index (χ1v) is 9.58. The van der Waals surface area contributed by atoms with Gasteiger partial charge in [0, 0.05) is 11.1 Å². The fourth-order valence-corrected chi connectivity index (χ4v) is 3.33. The number of carbonyl (C=O) groups excluding carboxylic acids is 1. The van der Waals surface area contributed by atoms with Gasteiger partial charge in [0.05, 0.1) is 5.69 Å². The van der Waals surface area contributed by atoms with Crippen molar-refractivity contribution in [1.29, 1.82) is 0 Å². The minimum Gasteiger partial charge on any atom is -0.316 e. The highest BCUT2D eigenvalue weighted by molar-refractivity contribution is 6.04. The van der Waals surface area contributed by atoms with Gasteiger partial charge in [-0.05, 0) is 31.2 Å². The molecule has 3 aromatic heterocycles. The smallest absolute Gasteiger partial charge is 0.288 e. The van der Waals surface area contributed by atoms with Crippen LogP contribution >= 0.6 is 0 Å². The van der Waals surface area contributed by atoms with E-state index in [1.54, 1.807) is 47.8 Å². The van der Waals surface area contributed by atoms with Crippen molar-refractivity contribution in [3.8, 4) is 17.2 Å². The van der Waals surface area contributed by atoms with E-state index in [-0.39, 0.29) is 11.6 Å². The van der Waals surface area contributed by atoms with Crippen molar-refractivity contribution in [3.05, 3.63) is 94.4 Å². The maximum absolute atomic E-state index is 12.6. The SMILES string of the molecule is Cc1c(NC(=O)c2ccccc2)c(=O)[nH]n1-c1ccc2nnc(-c3ccccc3)n2n1. The van der Waals surface area contributed by atoms with E-state index >= 15 is 0 Å². The maximum atomic E-state index is 12.6. The zero-order chi connectivity index (χ0) is 21.4. The number of hydrogen-bond donors (Lipinski definition) is 2. The second-order valence-electron chi connectivity index (χ2n) is 6.91. The molecule has 0 atom stereocenters. The molecular weight excluding hydrogens is 394 g/mol. The van der Waals surface area contributed by atoms with Gasteiger partial charge in [0.1, 0.15) is 5.69 Å². The van der Waals surface area contributed by atoms with Crippen molar-refractivity contribution >= 4 is 17.2 Å². The molecule has 0 saturated carbocycles. The van der Waals surface area contributed by atoms with Gasteiger partial charge in [0.2, 0.25) is 0 Å². The van der Waals surface area contributed by atoms with Crippen LogP contribution in [0.1, 0.15) is 16.1 Å². The summed E-state index contributed by atoms with van der Waals surface area (Å²) in [6.07, 6.45) is 0. The predicted octanol–water partition coefficient (Wildman–Crippen LogP) is 2.83. The number of nitrogens with zero attached hydrogens (tertiary/aromatic N) is 5. The number of rotatable bonds is 4. The number of nitrogens with one attached hydrogen (secondary N) is 2. The first-order valence-electron chi connectivity index (χ1n) is 9.58. The Balaban J connectivity index is 1.54. The van der Waals surface area contributed by atoms with Gasteiger partial charge >= 0.3 is 0 Å². The lowest BCUT2D eigenvalue weighted by Crippen LogP contribution is -2.17. The fourth-order valence-electron chi connectivity index (χ4n) is 3.33. The minimum atomic E-state index is -0.421. The Bertz CT molecular complexity index is 1450. The molecular formula is C22H17N7O2. The third-order valence-corrected chi connectivity index (χ3v) is 4.92. The highest BCUT2D eigenvalue weighted by Crippen LogP contribution is 2.19. The van der Waals surface area contributed by atoms with Crippen LogP contribution < -0.4 is 10.9 Å². The summed E-state index contributed by atoms with van der Waals surface area (Å²) in [5.41, 5.74) is 2.18. The normalized spacial score (nSPS) is 11.0. The van der Waals surface area contributed by atoms with Crippen LogP contribution in [0.15, 0.2) is 77.6 Å². The van der Waals surface area contributed by atoms with Crippen LogP contribution in [0.3, 0.4) is 0 Å². The summed E-state index contributed by atoms with van der Waals surface area (Å²) in [5.74, 6) is 0.682. The predicted molar refractivity (Wildman–Crippen MR) is 115 cm³/mol. The molecule has 0 fully saturated rings. The van der Waals surface area contributed by atoms with Crippen LogP contribution in [0.4, 0.5) is 5.69 Å². The van der Waals surface area contributed by atoms with Gasteiger partial charge < -0.3 is 5.32 Å². The highest BCUT2D eigenvalue weighted by atomic mass is 16.2. The molecule has 0 unspecified atom stereocenters. The van der Waals surface area contributed by atoms with Crippen molar-refractivity contribution in [2.24, 2.45) is 0 Å². The van der Waals surface area contributed by atoms with Crippen LogP contribution in [0.25, 0.3) is 22.9 Å². The van der Waals surface area contributed by atoms with Crippen molar-refractivity contribution < 1.29 is 4.79 Å². The molecule has 0 aliphatic rings. The zero-order valence-corrected chi connectivity index (χ0v) is 16.5. The maximum Gasteiger partial charge on any atom is 0.288 e. The molecule has 5 aromatic rings. The summed E-state index contributed by atoms with van der Waals surface area (Å²) in [6.45, 7) is 1.73. The summed E-state index contributed by atoms with van der Waals surface area (Å²) >= 11 is 0. The lowest BCUT2D eigenvalue weighted by atomic mass is 10.2. The average molecular weight is 411 g/mol. The summed E-state index contributed by atoms with van der Waals surface area (Å²) in [7, 11) is 0. The number of amides is 1. The first kappa shape index (κ1) is 18.5. The molecule has 9 heteroatoms. The van der Waals surface area contributed by atoms with Gasteiger partial charge in [-0.25, -0.2) is 4.68 Å². The Hall–Kier alpha value is -4.53. The molecule has 152 valence electrons. The van der Waals surface area contributed by atoms with E-state index in [0.29, 0.717) is 28.5 Å². The average Bonchev–Trinajstić information content (AvgIpc) is 3.36. The second-order valence-corrected chi connectivity index (χ2v) is 6.91. The largest absolute Gasteiger partial charge is 0.316 e. The number of aromatic amines is 1. The number of hydrogen-bond acceptors (Lipinski definition) is 5. The van der Waals surface area contributed by atoms with Crippen LogP contribution in [-0.2, 0) is 0 Å². The van der Waals surface area contributed by atoms with Gasteiger partial charge in [0.15, 0.2) is 17.3 Å². The number of fused-ring (bicyclic) bond motifs is 1. The Kier molecular flexibility index (Phi) is 4.40. The van der Waals surface area contributed by atoms with Gasteiger partial charge in [-0.3, -0.25) is 14.7 Å². The van der Waals surface area contributed by atoms with Crippen LogP contribution in [-0.4, -0.2) is 35.5 Å². The molecule has 0 radical (unpaired) electrons. The Morgan fingerprint density at radius 2 is 1.65 bits per heavy atom. The monoisotopic (exact) mass is 411 g/mol. The quantitative estimate of drug-likeness (QED) is 0.473. The molecule has 0 aliphatic heterocycles. The Labute approximate surface area is 176 Å². The number of H-pyrrole nitrogens is 1. The van der Waals surface area contributed by atoms with E-state index in [4.69, 9.17) is 0 Å². The van der Waals surface area contributed by atoms with Crippen molar-refractivity contribution in [2.75, 3.05) is 5.32 Å². The van der Waals surface area contributed by atoms with Gasteiger partial charge in [0.25, 0.3) is 11.5 Å². The summed E-state index contributed by atoms with van der Waals surface area (Å²) in [6, 6.07) is 21.8. The van der Waals surface area contributed by atoms with E-state index in [1.807, 2.05) is 36.4 Å². The lowest BCUT2D eigenvalue weighted by molar-refractivity contribution is 0.102. The Morgan fingerprint density at radius 3 is 2.39 bits per heavy atom. The number of carbonyl (C=O) groups is 1. The molecule has 0 saturated heterocycles. The van der Waals surface area contributed by atoms with Crippen molar-refractivity contribution in [2.45, 2.75) is 6.92 Å². The molecule has 31 heavy (non-hydrogen) atoms. The van der Waals surface area contributed by atoms with E-state index in [2.05, 4.69) is 25.7 Å². The molecule has 9 nitrogen and oxygen atoms in total. The molecule has 2 N–H and O–H groups in total. The number of benzene rings is 2. The van der Waals surface area contributed by atoms with E-state index in [0.717, 1.165) is 5.56 Å². The molecule has 2 aromatic carbocycles. The van der Waals surface area contributed by atoms with E-state index in [9.17, 15) is 9.59 Å². The van der Waals surface area contributed by atoms with Gasteiger partial charge in [-0.1, -0.05) is 48.5 Å². The van der Waals surface area contributed by atoms with Crippen molar-refractivity contribution in [1.82, 2.24) is 29.6 Å². The first-order chi connectivity index (χ1) is 15.1. The lowest BCUT2D eigenvalue weighted by Gasteiger charge is -2.07. The third-order valence-electron chi connectivity index (χ3n) is 4.92. The van der Waals surface area contributed by atoms with Gasteiger partial charge in [-0.2, -0.15) is 4.52 Å². The summed E-state index contributed by atoms with van der Waals surface area (Å²) < 4.78 is 3.14. The molecule has 0 spiro atoms. The highest BCUT2D eigenvalue weighted by Gasteiger charge is 2.18. The molecule has 3 heterocycles. The topological polar surface area (TPSA) is 110 Å². The molecule has 5 rings (SSSR count). The second kappa shape index (κ2) is 7.38. The van der Waals surface area contributed by atoms with Crippen LogP contribution in [0, 0.1) is 6.92 Å². The van der Waals surface area contributed by atoms with Crippen LogP contribution in [0.2, 0.25) is 0 Å². The molecule has 0 aliphatic carbocycles. The summed E-state index contributed by atoms with van der Waals surface area (Å²) in [5, 5.41) is 18.4. The van der Waals surface area contributed by atoms with Crippen molar-refractivity contribution in [3.63, 3.8) is 0 Å². The van der Waals surface area contributed by atoms with E-state index in [1.165, 1.54) is 4.68 Å². The number of aromatic nitrogens is 6. The molecule has 0 bridgehead atoms. The number of anilines is 1. The zero-order valence-electron chi connectivity index (χ0n) is 16.5. The standard InChI is InChI=1S/C22H17N7O2/c1-14-19(23-21(30)16-10-6-3-7-11-16)22(31)27-28(14)18-13-12-17-24-25-20(29(17)26-18)15-8-4-2-5-9-15/h2-13H,1H3,(H,23,30)(H,27,31). The van der Waals surface area contributed by atoms with E-state index < -0.39 is 5.56 Å². The minimum absolute atomic E-state index is 0.169. The third kappa shape index (κ3) is 3.27. The summed E-state index contributed by atoms with van der Waals surface area (Å²) in [4.78, 5) is 25.0. The molecule has 1 amide bonds. The van der Waals surface area contributed by atoms with Crippen LogP contribution in [0.5, 0.6) is 0 Å². The Morgan fingerprint density at radius 1 is 0.935 bits per heavy atom.